The van der Waals surface area contributed by atoms with E-state index in [0.29, 0.717) is 24.8 Å². The lowest BCUT2D eigenvalue weighted by Crippen LogP contribution is -2.31. The molecule has 1 N–H and O–H groups in total. The monoisotopic (exact) mass is 219 g/mol. The molecule has 1 heterocycles. The average Bonchev–Trinajstić information content (AvgIpc) is 2.66. The molecule has 0 aromatic rings. The smallest absolute Gasteiger partial charge is 0.222 e. The Bertz CT molecular complexity index is 181. The van der Waals surface area contributed by atoms with Crippen LogP contribution in [0.5, 0.6) is 0 Å². The van der Waals surface area contributed by atoms with Gasteiger partial charge in [-0.3, -0.25) is 4.79 Å². The van der Waals surface area contributed by atoms with Crippen LogP contribution in [0.4, 0.5) is 0 Å². The summed E-state index contributed by atoms with van der Waals surface area (Å²) in [6.07, 6.45) is 2.73. The number of ether oxygens (including phenoxy) is 1. The molecule has 1 saturated heterocycles. The lowest BCUT2D eigenvalue weighted by Gasteiger charge is -2.11. The SMILES string of the molecule is CC(CCl)CNC(=O)CC1CCCO1. The maximum atomic E-state index is 11.4. The molecule has 1 rings (SSSR count). The Hall–Kier alpha value is -0.280. The van der Waals surface area contributed by atoms with Crippen LogP contribution < -0.4 is 5.32 Å². The summed E-state index contributed by atoms with van der Waals surface area (Å²) >= 11 is 5.63. The maximum absolute atomic E-state index is 11.4. The van der Waals surface area contributed by atoms with Gasteiger partial charge in [-0.2, -0.15) is 0 Å². The summed E-state index contributed by atoms with van der Waals surface area (Å²) < 4.78 is 5.37. The molecule has 2 unspecified atom stereocenters. The van der Waals surface area contributed by atoms with Crippen molar-refractivity contribution < 1.29 is 9.53 Å². The predicted octanol–water partition coefficient (Wildman–Crippen LogP) is 1.55. The van der Waals surface area contributed by atoms with Crippen molar-refractivity contribution >= 4 is 17.5 Å². The van der Waals surface area contributed by atoms with Gasteiger partial charge in [-0.05, 0) is 18.8 Å². The maximum Gasteiger partial charge on any atom is 0.222 e. The third-order valence-electron chi connectivity index (χ3n) is 2.35. The van der Waals surface area contributed by atoms with Gasteiger partial charge in [0.15, 0.2) is 0 Å². The number of hydrogen-bond donors (Lipinski definition) is 1. The van der Waals surface area contributed by atoms with Crippen LogP contribution in [-0.2, 0) is 9.53 Å². The van der Waals surface area contributed by atoms with Crippen LogP contribution in [0, 0.1) is 5.92 Å². The second kappa shape index (κ2) is 6.25. The summed E-state index contributed by atoms with van der Waals surface area (Å²) in [7, 11) is 0. The van der Waals surface area contributed by atoms with E-state index in [2.05, 4.69) is 5.32 Å². The van der Waals surface area contributed by atoms with E-state index in [1.54, 1.807) is 0 Å². The molecular formula is C10H18ClNO2. The van der Waals surface area contributed by atoms with E-state index in [-0.39, 0.29) is 12.0 Å². The van der Waals surface area contributed by atoms with Gasteiger partial charge in [0.1, 0.15) is 0 Å². The summed E-state index contributed by atoms with van der Waals surface area (Å²) in [5.41, 5.74) is 0. The molecule has 0 spiro atoms. The molecular weight excluding hydrogens is 202 g/mol. The van der Waals surface area contributed by atoms with Crippen LogP contribution in [0.3, 0.4) is 0 Å². The van der Waals surface area contributed by atoms with Gasteiger partial charge in [0.25, 0.3) is 0 Å². The van der Waals surface area contributed by atoms with E-state index >= 15 is 0 Å². The van der Waals surface area contributed by atoms with Crippen molar-refractivity contribution in [2.24, 2.45) is 5.92 Å². The summed E-state index contributed by atoms with van der Waals surface area (Å²) in [4.78, 5) is 11.4. The Morgan fingerprint density at radius 3 is 3.07 bits per heavy atom. The standard InChI is InChI=1S/C10H18ClNO2/c1-8(6-11)7-12-10(13)5-9-3-2-4-14-9/h8-9H,2-7H2,1H3,(H,12,13). The molecule has 1 aliphatic rings. The Morgan fingerprint density at radius 2 is 2.50 bits per heavy atom. The van der Waals surface area contributed by atoms with E-state index in [9.17, 15) is 4.79 Å². The van der Waals surface area contributed by atoms with Crippen molar-refractivity contribution in [3.8, 4) is 0 Å². The molecule has 1 amide bonds. The van der Waals surface area contributed by atoms with Crippen LogP contribution in [-0.4, -0.2) is 31.0 Å². The number of halogens is 1. The zero-order chi connectivity index (χ0) is 10.4. The van der Waals surface area contributed by atoms with Gasteiger partial charge in [-0.1, -0.05) is 6.92 Å². The minimum absolute atomic E-state index is 0.0777. The van der Waals surface area contributed by atoms with Crippen molar-refractivity contribution in [3.63, 3.8) is 0 Å². The molecule has 0 aromatic carbocycles. The molecule has 0 aliphatic carbocycles. The summed E-state index contributed by atoms with van der Waals surface area (Å²) in [6.45, 7) is 3.48. The van der Waals surface area contributed by atoms with Crippen LogP contribution in [0.1, 0.15) is 26.2 Å². The Kier molecular flexibility index (Phi) is 5.26. The van der Waals surface area contributed by atoms with Gasteiger partial charge in [-0.25, -0.2) is 0 Å². The molecule has 0 aromatic heterocycles. The number of hydrogen-bond acceptors (Lipinski definition) is 2. The molecule has 82 valence electrons. The fraction of sp³-hybridized carbons (Fsp3) is 0.900. The third kappa shape index (κ3) is 4.29. The first-order valence-electron chi connectivity index (χ1n) is 5.16. The molecule has 4 heteroatoms. The fourth-order valence-corrected chi connectivity index (χ4v) is 1.54. The van der Waals surface area contributed by atoms with Gasteiger partial charge >= 0.3 is 0 Å². The third-order valence-corrected chi connectivity index (χ3v) is 2.87. The Morgan fingerprint density at radius 1 is 1.71 bits per heavy atom. The van der Waals surface area contributed by atoms with Crippen molar-refractivity contribution in [2.45, 2.75) is 32.3 Å². The lowest BCUT2D eigenvalue weighted by atomic mass is 10.1. The lowest BCUT2D eigenvalue weighted by molar-refractivity contribution is -0.123. The summed E-state index contributed by atoms with van der Waals surface area (Å²) in [5, 5.41) is 2.86. The highest BCUT2D eigenvalue weighted by Crippen LogP contribution is 2.14. The van der Waals surface area contributed by atoms with Crippen LogP contribution in [0.2, 0.25) is 0 Å². The highest BCUT2D eigenvalue weighted by Gasteiger charge is 2.18. The van der Waals surface area contributed by atoms with Gasteiger partial charge in [0, 0.05) is 19.0 Å². The second-order valence-corrected chi connectivity index (χ2v) is 4.21. The number of nitrogens with one attached hydrogen (secondary N) is 1. The van der Waals surface area contributed by atoms with E-state index in [1.807, 2.05) is 6.92 Å². The summed E-state index contributed by atoms with van der Waals surface area (Å²) in [5.74, 6) is 0.999. The molecule has 0 saturated carbocycles. The Labute approximate surface area is 90.1 Å². The quantitative estimate of drug-likeness (QED) is 0.713. The average molecular weight is 220 g/mol. The van der Waals surface area contributed by atoms with Gasteiger partial charge in [0.05, 0.1) is 12.5 Å². The zero-order valence-electron chi connectivity index (χ0n) is 8.59. The first kappa shape index (κ1) is 11.8. The van der Waals surface area contributed by atoms with E-state index in [4.69, 9.17) is 16.3 Å². The predicted molar refractivity (Wildman–Crippen MR) is 56.5 cm³/mol. The van der Waals surface area contributed by atoms with Crippen molar-refractivity contribution in [1.82, 2.24) is 5.32 Å². The second-order valence-electron chi connectivity index (χ2n) is 3.90. The van der Waals surface area contributed by atoms with Crippen molar-refractivity contribution in [2.75, 3.05) is 19.0 Å². The molecule has 2 atom stereocenters. The van der Waals surface area contributed by atoms with Gasteiger partial charge < -0.3 is 10.1 Å². The van der Waals surface area contributed by atoms with Crippen molar-refractivity contribution in [1.29, 1.82) is 0 Å². The molecule has 0 bridgehead atoms. The first-order chi connectivity index (χ1) is 6.72. The molecule has 3 nitrogen and oxygen atoms in total. The largest absolute Gasteiger partial charge is 0.378 e. The normalized spacial score (nSPS) is 23.4. The number of alkyl halides is 1. The molecule has 0 radical (unpaired) electrons. The van der Waals surface area contributed by atoms with Crippen LogP contribution in [0.25, 0.3) is 0 Å². The van der Waals surface area contributed by atoms with E-state index in [0.717, 1.165) is 19.4 Å². The Balaban J connectivity index is 2.09. The molecule has 1 aliphatic heterocycles. The topological polar surface area (TPSA) is 38.3 Å². The zero-order valence-corrected chi connectivity index (χ0v) is 9.35. The van der Waals surface area contributed by atoms with Crippen LogP contribution in [0.15, 0.2) is 0 Å². The number of rotatable bonds is 5. The fourth-order valence-electron chi connectivity index (χ4n) is 1.43. The molecule has 1 fully saturated rings. The van der Waals surface area contributed by atoms with Gasteiger partial charge in [0.2, 0.25) is 5.91 Å². The highest BCUT2D eigenvalue weighted by molar-refractivity contribution is 6.18. The van der Waals surface area contributed by atoms with Crippen molar-refractivity contribution in [3.05, 3.63) is 0 Å². The number of carbonyl (C=O) groups is 1. The number of carbonyl (C=O) groups excluding carboxylic acids is 1. The van der Waals surface area contributed by atoms with E-state index < -0.39 is 0 Å². The number of amides is 1. The van der Waals surface area contributed by atoms with E-state index in [1.165, 1.54) is 0 Å². The highest BCUT2D eigenvalue weighted by atomic mass is 35.5. The molecule has 14 heavy (non-hydrogen) atoms. The summed E-state index contributed by atoms with van der Waals surface area (Å²) in [6, 6.07) is 0. The first-order valence-corrected chi connectivity index (χ1v) is 5.70. The minimum atomic E-state index is 0.0777. The van der Waals surface area contributed by atoms with Crippen LogP contribution >= 0.6 is 11.6 Å². The minimum Gasteiger partial charge on any atom is -0.378 e. The van der Waals surface area contributed by atoms with Gasteiger partial charge in [-0.15, -0.1) is 11.6 Å².